The quantitative estimate of drug-likeness (QED) is 0.645. The van der Waals surface area contributed by atoms with E-state index in [0.29, 0.717) is 0 Å². The Morgan fingerprint density at radius 3 is 1.94 bits per heavy atom. The van der Waals surface area contributed by atoms with E-state index in [1.807, 2.05) is 48.5 Å². The number of ether oxygens (including phenoxy) is 2. The van der Waals surface area contributed by atoms with Crippen LogP contribution in [0, 0.1) is 0 Å². The number of rotatable bonds is 5. The molecule has 0 saturated heterocycles. The van der Waals surface area contributed by atoms with E-state index in [1.165, 1.54) is 20.3 Å². The lowest BCUT2D eigenvalue weighted by molar-refractivity contribution is -0.143. The summed E-state index contributed by atoms with van der Waals surface area (Å²) in [7, 11) is 2.57. The minimum absolute atomic E-state index is 0.247. The van der Waals surface area contributed by atoms with E-state index >= 15 is 0 Å². The summed E-state index contributed by atoms with van der Waals surface area (Å²) in [4.78, 5) is 37.7. The lowest BCUT2D eigenvalue weighted by Gasteiger charge is -2.24. The van der Waals surface area contributed by atoms with E-state index in [2.05, 4.69) is 5.32 Å². The molecule has 1 atom stereocenters. The summed E-state index contributed by atoms with van der Waals surface area (Å²) in [6.45, 7) is 0. The van der Waals surface area contributed by atoms with Crippen LogP contribution in [0.4, 0.5) is 0 Å². The average Bonchev–Trinajstić information content (AvgIpc) is 3.15. The summed E-state index contributed by atoms with van der Waals surface area (Å²) < 4.78 is 9.77. The Kier molecular flexibility index (Phi) is 5.54. The van der Waals surface area contributed by atoms with Crippen LogP contribution >= 0.6 is 0 Å². The van der Waals surface area contributed by atoms with Crippen LogP contribution in [0.5, 0.6) is 0 Å². The van der Waals surface area contributed by atoms with Gasteiger partial charge in [0, 0.05) is 11.5 Å². The van der Waals surface area contributed by atoms with E-state index in [0.717, 1.165) is 22.3 Å². The highest BCUT2D eigenvalue weighted by molar-refractivity contribution is 6.00. The van der Waals surface area contributed by atoms with Crippen LogP contribution in [-0.2, 0) is 14.3 Å². The van der Waals surface area contributed by atoms with Gasteiger partial charge in [-0.05, 0) is 40.5 Å². The van der Waals surface area contributed by atoms with Crippen molar-refractivity contribution in [1.82, 2.24) is 5.32 Å². The molecule has 3 aromatic carbocycles. The first kappa shape index (κ1) is 20.3. The van der Waals surface area contributed by atoms with Gasteiger partial charge in [-0.15, -0.1) is 0 Å². The smallest absolute Gasteiger partial charge is 0.337 e. The maximum absolute atomic E-state index is 13.0. The zero-order valence-electron chi connectivity index (χ0n) is 17.1. The second-order valence-electron chi connectivity index (χ2n) is 7.20. The molecule has 0 saturated carbocycles. The molecule has 0 radical (unpaired) electrons. The van der Waals surface area contributed by atoms with Crippen molar-refractivity contribution in [2.75, 3.05) is 14.2 Å². The fraction of sp³-hybridized carbons (Fsp3) is 0.160. The Hall–Kier alpha value is -3.93. The zero-order valence-corrected chi connectivity index (χ0v) is 17.1. The summed E-state index contributed by atoms with van der Waals surface area (Å²) in [5, 5.41) is 2.83. The fourth-order valence-electron chi connectivity index (χ4n) is 4.09. The van der Waals surface area contributed by atoms with E-state index < -0.39 is 29.8 Å². The number of methoxy groups -OCH3 is 2. The minimum atomic E-state index is -0.941. The number of amides is 1. The average molecular weight is 415 g/mol. The molecule has 0 aromatic heterocycles. The molecule has 0 bridgehead atoms. The topological polar surface area (TPSA) is 81.7 Å². The number of fused-ring (bicyclic) bond motifs is 3. The van der Waals surface area contributed by atoms with Gasteiger partial charge in [-0.3, -0.25) is 4.79 Å². The normalized spacial score (nSPS) is 13.0. The molecule has 0 heterocycles. The summed E-state index contributed by atoms with van der Waals surface area (Å²) >= 11 is 0. The summed E-state index contributed by atoms with van der Waals surface area (Å²) in [5.41, 5.74) is 4.45. The highest BCUT2D eigenvalue weighted by Gasteiger charge is 2.39. The maximum atomic E-state index is 13.0. The first-order valence-electron chi connectivity index (χ1n) is 9.80. The van der Waals surface area contributed by atoms with Gasteiger partial charge in [0.25, 0.3) is 5.91 Å². The van der Waals surface area contributed by atoms with Crippen molar-refractivity contribution in [3.63, 3.8) is 0 Å². The molecule has 6 nitrogen and oxygen atoms in total. The van der Waals surface area contributed by atoms with Crippen molar-refractivity contribution in [2.24, 2.45) is 0 Å². The van der Waals surface area contributed by atoms with Crippen molar-refractivity contribution in [3.8, 4) is 11.1 Å². The Morgan fingerprint density at radius 2 is 1.35 bits per heavy atom. The van der Waals surface area contributed by atoms with Crippen molar-refractivity contribution in [1.29, 1.82) is 0 Å². The molecule has 31 heavy (non-hydrogen) atoms. The van der Waals surface area contributed by atoms with Gasteiger partial charge in [0.1, 0.15) is 6.04 Å². The molecule has 0 fully saturated rings. The molecule has 1 aliphatic rings. The molecule has 6 heteroatoms. The highest BCUT2D eigenvalue weighted by Crippen LogP contribution is 2.46. The zero-order chi connectivity index (χ0) is 22.0. The molecule has 4 rings (SSSR count). The largest absolute Gasteiger partial charge is 0.467 e. The third-order valence-electron chi connectivity index (χ3n) is 5.50. The predicted molar refractivity (Wildman–Crippen MR) is 115 cm³/mol. The van der Waals surface area contributed by atoms with Crippen LogP contribution in [0.1, 0.15) is 37.8 Å². The number of hydrogen-bond acceptors (Lipinski definition) is 5. The third kappa shape index (κ3) is 3.68. The summed E-state index contributed by atoms with van der Waals surface area (Å²) in [6.07, 6.45) is 0. The van der Waals surface area contributed by atoms with Crippen molar-refractivity contribution in [2.45, 2.75) is 12.0 Å². The molecule has 0 spiro atoms. The van der Waals surface area contributed by atoms with Crippen LogP contribution < -0.4 is 5.32 Å². The molecule has 1 aliphatic carbocycles. The van der Waals surface area contributed by atoms with Crippen molar-refractivity contribution in [3.05, 3.63) is 95.1 Å². The number of nitrogens with one attached hydrogen (secondary N) is 1. The molecule has 0 unspecified atom stereocenters. The molecular weight excluding hydrogens is 394 g/mol. The van der Waals surface area contributed by atoms with Crippen LogP contribution in [-0.4, -0.2) is 38.1 Å². The van der Waals surface area contributed by atoms with E-state index in [4.69, 9.17) is 9.47 Å². The molecule has 1 amide bonds. The van der Waals surface area contributed by atoms with E-state index in [9.17, 15) is 14.4 Å². The number of esters is 2. The first-order valence-corrected chi connectivity index (χ1v) is 9.80. The van der Waals surface area contributed by atoms with Crippen LogP contribution in [0.15, 0.2) is 72.8 Å². The van der Waals surface area contributed by atoms with Gasteiger partial charge in [0.2, 0.25) is 0 Å². The van der Waals surface area contributed by atoms with Gasteiger partial charge >= 0.3 is 11.9 Å². The van der Waals surface area contributed by atoms with E-state index in [-0.39, 0.29) is 11.1 Å². The SMILES string of the molecule is COC(=O)c1cccc(C(=O)N[C@@H](C(=O)OC)C2c3ccccc3-c3ccccc32)c1. The number of carbonyl (C=O) groups excluding carboxylic acids is 3. The van der Waals surface area contributed by atoms with Crippen molar-refractivity contribution >= 4 is 17.8 Å². The Balaban J connectivity index is 1.72. The Bertz CT molecular complexity index is 1120. The van der Waals surface area contributed by atoms with Gasteiger partial charge < -0.3 is 14.8 Å². The van der Waals surface area contributed by atoms with Crippen molar-refractivity contribution < 1.29 is 23.9 Å². The molecule has 156 valence electrons. The van der Waals surface area contributed by atoms with Crippen LogP contribution in [0.2, 0.25) is 0 Å². The van der Waals surface area contributed by atoms with Crippen LogP contribution in [0.3, 0.4) is 0 Å². The highest BCUT2D eigenvalue weighted by atomic mass is 16.5. The lowest BCUT2D eigenvalue weighted by atomic mass is 9.89. The Labute approximate surface area is 179 Å². The second kappa shape index (κ2) is 8.44. The van der Waals surface area contributed by atoms with Gasteiger partial charge in [-0.2, -0.15) is 0 Å². The van der Waals surface area contributed by atoms with Gasteiger partial charge in [0.15, 0.2) is 0 Å². The number of hydrogen-bond donors (Lipinski definition) is 1. The first-order chi connectivity index (χ1) is 15.0. The summed E-state index contributed by atoms with van der Waals surface area (Å²) in [5.74, 6) is -1.97. The monoisotopic (exact) mass is 415 g/mol. The third-order valence-corrected chi connectivity index (χ3v) is 5.50. The molecule has 0 aliphatic heterocycles. The number of benzene rings is 3. The molecule has 1 N–H and O–H groups in total. The van der Waals surface area contributed by atoms with Gasteiger partial charge in [-0.25, -0.2) is 9.59 Å². The predicted octanol–water partition coefficient (Wildman–Crippen LogP) is 3.56. The fourth-order valence-corrected chi connectivity index (χ4v) is 4.09. The Morgan fingerprint density at radius 1 is 0.774 bits per heavy atom. The van der Waals surface area contributed by atoms with Crippen LogP contribution in [0.25, 0.3) is 11.1 Å². The minimum Gasteiger partial charge on any atom is -0.467 e. The molecular formula is C25H21NO5. The molecule has 3 aromatic rings. The standard InChI is InChI=1S/C25H21NO5/c1-30-24(28)16-9-7-8-15(14-16)23(27)26-22(25(29)31-2)21-19-12-5-3-10-17(19)18-11-4-6-13-20(18)21/h3-14,21-22H,1-2H3,(H,26,27)/t22-/m1/s1. The maximum Gasteiger partial charge on any atom is 0.337 e. The lowest BCUT2D eigenvalue weighted by Crippen LogP contribution is -2.45. The van der Waals surface area contributed by atoms with Gasteiger partial charge in [0.05, 0.1) is 19.8 Å². The summed E-state index contributed by atoms with van der Waals surface area (Å²) in [6, 6.07) is 20.9. The van der Waals surface area contributed by atoms with Gasteiger partial charge in [-0.1, -0.05) is 54.6 Å². The second-order valence-corrected chi connectivity index (χ2v) is 7.20. The number of carbonyl (C=O) groups is 3. The van der Waals surface area contributed by atoms with E-state index in [1.54, 1.807) is 18.2 Å².